The topological polar surface area (TPSA) is 127 Å². The molecule has 0 bridgehead atoms. The molecule has 0 atom stereocenters. The smallest absolute Gasteiger partial charge is 0.283 e. The Balaban J connectivity index is 1.49. The standard InChI is InChI=1S/C33H30ClF2N7O2/c1-18(35)30(44)42-22-6-4-19(5-7-22)27-24(21-14-23(34)26(39-16-21)31(45)41-17-32(36)10-11-32)25-28(43(27)3)20(15-40-29(25)37)8-9-33(38-2)12-13-33/h4-7,14-16,38H,1,10-13,17H2,2-3H3,(H2,37,40)(H,41,45)(H,42,44). The van der Waals surface area contributed by atoms with Crippen molar-refractivity contribution in [3.8, 4) is 34.2 Å². The molecular weight excluding hydrogens is 600 g/mol. The molecule has 4 aromatic rings. The summed E-state index contributed by atoms with van der Waals surface area (Å²) in [5.41, 5.74) is 9.30. The summed E-state index contributed by atoms with van der Waals surface area (Å²) in [6.07, 6.45) is 5.87. The summed E-state index contributed by atoms with van der Waals surface area (Å²) in [6.45, 7) is 2.93. The summed E-state index contributed by atoms with van der Waals surface area (Å²) in [4.78, 5) is 33.4. The van der Waals surface area contributed by atoms with Gasteiger partial charge < -0.3 is 26.3 Å². The minimum absolute atomic E-state index is 0.0274. The van der Waals surface area contributed by atoms with E-state index >= 15 is 0 Å². The van der Waals surface area contributed by atoms with Crippen molar-refractivity contribution in [3.05, 3.63) is 71.4 Å². The highest BCUT2D eigenvalue weighted by atomic mass is 35.5. The van der Waals surface area contributed by atoms with E-state index < -0.39 is 23.3 Å². The van der Waals surface area contributed by atoms with Crippen LogP contribution in [0.3, 0.4) is 0 Å². The molecule has 0 aliphatic heterocycles. The number of halogens is 3. The van der Waals surface area contributed by atoms with E-state index in [-0.39, 0.29) is 28.6 Å². The SMILES string of the molecule is C=C(F)C(=O)Nc1ccc(-c2c(-c3cnc(C(=O)NCC4(F)CC4)c(Cl)c3)c3c(N)ncc(C#CC4(NC)CC4)c3n2C)cc1. The molecule has 6 rings (SSSR count). The van der Waals surface area contributed by atoms with Gasteiger partial charge in [0.25, 0.3) is 11.8 Å². The Bertz CT molecular complexity index is 1950. The summed E-state index contributed by atoms with van der Waals surface area (Å²) in [5, 5.41) is 8.99. The fourth-order valence-electron chi connectivity index (χ4n) is 5.26. The van der Waals surface area contributed by atoms with Crippen LogP contribution in [0.1, 0.15) is 41.7 Å². The Kier molecular flexibility index (Phi) is 7.59. The highest BCUT2D eigenvalue weighted by Gasteiger charge is 2.43. The van der Waals surface area contributed by atoms with Gasteiger partial charge in [-0.25, -0.2) is 18.7 Å². The third kappa shape index (κ3) is 5.87. The second-order valence-corrected chi connectivity index (χ2v) is 11.9. The number of amides is 2. The number of nitrogens with zero attached hydrogens (tertiary/aromatic N) is 3. The molecule has 9 nitrogen and oxygen atoms in total. The van der Waals surface area contributed by atoms with Crippen molar-refractivity contribution < 1.29 is 18.4 Å². The number of aryl methyl sites for hydroxylation is 1. The summed E-state index contributed by atoms with van der Waals surface area (Å²) < 4.78 is 29.3. The number of nitrogens with two attached hydrogens (primary N) is 1. The molecule has 3 aromatic heterocycles. The second-order valence-electron chi connectivity index (χ2n) is 11.5. The Hall–Kier alpha value is -4.79. The van der Waals surface area contributed by atoms with E-state index in [1.165, 1.54) is 6.20 Å². The minimum atomic E-state index is -1.37. The maximum absolute atomic E-state index is 14.1. The summed E-state index contributed by atoms with van der Waals surface area (Å²) in [7, 11) is 3.76. The molecule has 45 heavy (non-hydrogen) atoms. The van der Waals surface area contributed by atoms with Gasteiger partial charge in [0.05, 0.1) is 39.3 Å². The average Bonchev–Trinajstić information content (AvgIpc) is 3.94. The van der Waals surface area contributed by atoms with Crippen molar-refractivity contribution in [2.45, 2.75) is 36.9 Å². The van der Waals surface area contributed by atoms with Crippen molar-refractivity contribution in [2.75, 3.05) is 24.6 Å². The van der Waals surface area contributed by atoms with Crippen LogP contribution in [0.25, 0.3) is 33.3 Å². The highest BCUT2D eigenvalue weighted by molar-refractivity contribution is 6.34. The van der Waals surface area contributed by atoms with Gasteiger partial charge in [-0.3, -0.25) is 9.59 Å². The molecule has 0 unspecified atom stereocenters. The van der Waals surface area contributed by atoms with Crippen LogP contribution in [0.15, 0.2) is 55.1 Å². The molecule has 2 amide bonds. The quantitative estimate of drug-likeness (QED) is 0.155. The normalized spacial score (nSPS) is 15.6. The van der Waals surface area contributed by atoms with Crippen LogP contribution in [0.2, 0.25) is 5.02 Å². The Morgan fingerprint density at radius 3 is 2.44 bits per heavy atom. The lowest BCUT2D eigenvalue weighted by Gasteiger charge is -2.12. The minimum Gasteiger partial charge on any atom is -0.383 e. The van der Waals surface area contributed by atoms with Crippen LogP contribution in [0, 0.1) is 11.8 Å². The van der Waals surface area contributed by atoms with Gasteiger partial charge in [-0.1, -0.05) is 42.2 Å². The largest absolute Gasteiger partial charge is 0.383 e. The molecule has 2 aliphatic carbocycles. The molecule has 3 heterocycles. The molecule has 2 fully saturated rings. The fourth-order valence-corrected chi connectivity index (χ4v) is 5.51. The molecule has 12 heteroatoms. The van der Waals surface area contributed by atoms with Gasteiger partial charge in [-0.15, -0.1) is 0 Å². The van der Waals surface area contributed by atoms with Gasteiger partial charge in [-0.05, 0) is 56.5 Å². The van der Waals surface area contributed by atoms with Crippen molar-refractivity contribution in [2.24, 2.45) is 7.05 Å². The zero-order valence-corrected chi connectivity index (χ0v) is 25.4. The molecule has 2 saturated carbocycles. The van der Waals surface area contributed by atoms with Crippen molar-refractivity contribution in [3.63, 3.8) is 0 Å². The number of nitrogens with one attached hydrogen (secondary N) is 3. The summed E-state index contributed by atoms with van der Waals surface area (Å²) in [5.74, 6) is 4.27. The Morgan fingerprint density at radius 1 is 1.13 bits per heavy atom. The molecule has 1 aromatic carbocycles. The maximum atomic E-state index is 14.1. The number of alkyl halides is 1. The lowest BCUT2D eigenvalue weighted by atomic mass is 9.98. The first-order chi connectivity index (χ1) is 21.4. The van der Waals surface area contributed by atoms with Gasteiger partial charge >= 0.3 is 0 Å². The lowest BCUT2D eigenvalue weighted by molar-refractivity contribution is -0.114. The third-order valence-electron chi connectivity index (χ3n) is 8.27. The first-order valence-electron chi connectivity index (χ1n) is 14.3. The van der Waals surface area contributed by atoms with Gasteiger partial charge in [-0.2, -0.15) is 0 Å². The first kappa shape index (κ1) is 30.2. The second kappa shape index (κ2) is 11.3. The fraction of sp³-hybridized carbons (Fsp3) is 0.273. The van der Waals surface area contributed by atoms with Crippen LogP contribution in [-0.4, -0.2) is 51.1 Å². The van der Waals surface area contributed by atoms with Crippen LogP contribution < -0.4 is 21.7 Å². The van der Waals surface area contributed by atoms with Gasteiger partial charge in [0.2, 0.25) is 0 Å². The number of hydrogen-bond donors (Lipinski definition) is 4. The zero-order valence-electron chi connectivity index (χ0n) is 24.7. The van der Waals surface area contributed by atoms with Crippen molar-refractivity contribution in [1.29, 1.82) is 0 Å². The molecule has 5 N–H and O–H groups in total. The number of benzene rings is 1. The Labute approximate surface area is 263 Å². The van der Waals surface area contributed by atoms with E-state index in [0.717, 1.165) is 23.9 Å². The first-order valence-corrected chi connectivity index (χ1v) is 14.7. The number of pyridine rings is 2. The summed E-state index contributed by atoms with van der Waals surface area (Å²) in [6, 6.07) is 8.43. The van der Waals surface area contributed by atoms with Crippen LogP contribution in [0.4, 0.5) is 20.3 Å². The number of hydrogen-bond acceptors (Lipinski definition) is 6. The summed E-state index contributed by atoms with van der Waals surface area (Å²) >= 11 is 6.61. The van der Waals surface area contributed by atoms with E-state index in [4.69, 9.17) is 17.3 Å². The number of rotatable bonds is 8. The number of carbonyl (C=O) groups is 2. The van der Waals surface area contributed by atoms with Crippen molar-refractivity contribution >= 4 is 45.8 Å². The maximum Gasteiger partial charge on any atom is 0.283 e. The highest BCUT2D eigenvalue weighted by Crippen LogP contribution is 2.44. The average molecular weight is 630 g/mol. The lowest BCUT2D eigenvalue weighted by Crippen LogP contribution is -2.31. The van der Waals surface area contributed by atoms with E-state index in [2.05, 4.69) is 44.3 Å². The molecule has 230 valence electrons. The van der Waals surface area contributed by atoms with Gasteiger partial charge in [0, 0.05) is 36.3 Å². The van der Waals surface area contributed by atoms with Crippen LogP contribution in [-0.2, 0) is 11.8 Å². The number of fused-ring (bicyclic) bond motifs is 1. The van der Waals surface area contributed by atoms with E-state index in [1.807, 2.05) is 18.7 Å². The van der Waals surface area contributed by atoms with E-state index in [0.29, 0.717) is 46.3 Å². The van der Waals surface area contributed by atoms with E-state index in [1.54, 1.807) is 36.5 Å². The molecule has 0 spiro atoms. The predicted molar refractivity (Wildman–Crippen MR) is 171 cm³/mol. The van der Waals surface area contributed by atoms with E-state index in [9.17, 15) is 18.4 Å². The van der Waals surface area contributed by atoms with Crippen molar-refractivity contribution in [1.82, 2.24) is 25.2 Å². The third-order valence-corrected chi connectivity index (χ3v) is 8.56. The number of nitrogen functional groups attached to an aromatic ring is 1. The number of anilines is 2. The molecular formula is C33H30ClF2N7O2. The molecule has 0 saturated heterocycles. The van der Waals surface area contributed by atoms with Crippen LogP contribution >= 0.6 is 11.6 Å². The monoisotopic (exact) mass is 629 g/mol. The van der Waals surface area contributed by atoms with Gasteiger partial charge in [0.1, 0.15) is 17.2 Å². The van der Waals surface area contributed by atoms with Gasteiger partial charge in [0.15, 0.2) is 5.83 Å². The zero-order chi connectivity index (χ0) is 32.1. The predicted octanol–water partition coefficient (Wildman–Crippen LogP) is 5.30. The molecule has 0 radical (unpaired) electrons. The number of aromatic nitrogens is 3. The van der Waals surface area contributed by atoms with Crippen LogP contribution in [0.5, 0.6) is 0 Å². The number of carbonyl (C=O) groups excluding carboxylic acids is 2. The Morgan fingerprint density at radius 2 is 1.84 bits per heavy atom. The molecule has 2 aliphatic rings.